The summed E-state index contributed by atoms with van der Waals surface area (Å²) in [7, 11) is 0. The molecule has 0 radical (unpaired) electrons. The van der Waals surface area contributed by atoms with Crippen LogP contribution in [0.2, 0.25) is 0 Å². The largest absolute Gasteiger partial charge is 0.462 e. The summed E-state index contributed by atoms with van der Waals surface area (Å²) in [6.07, 6.45) is 0. The third-order valence-electron chi connectivity index (χ3n) is 4.01. The van der Waals surface area contributed by atoms with Gasteiger partial charge in [0, 0.05) is 22.8 Å². The quantitative estimate of drug-likeness (QED) is 0.364. The normalized spacial score (nSPS) is 10.4. The second-order valence-electron chi connectivity index (χ2n) is 6.00. The van der Waals surface area contributed by atoms with Crippen molar-refractivity contribution in [3.05, 3.63) is 74.6 Å². The number of nitrogens with one attached hydrogen (secondary N) is 1. The van der Waals surface area contributed by atoms with Crippen molar-refractivity contribution < 1.29 is 19.2 Å². The molecule has 8 nitrogen and oxygen atoms in total. The molecular weight excluding hydrogens is 394 g/mol. The predicted octanol–water partition coefficient (Wildman–Crippen LogP) is 4.46. The van der Waals surface area contributed by atoms with Gasteiger partial charge in [0.1, 0.15) is 4.88 Å². The van der Waals surface area contributed by atoms with Gasteiger partial charge in [-0.1, -0.05) is 41.7 Å². The summed E-state index contributed by atoms with van der Waals surface area (Å²) in [6, 6.07) is 13.2. The van der Waals surface area contributed by atoms with Crippen molar-refractivity contribution in [3.8, 4) is 11.3 Å². The number of ether oxygens (including phenoxy) is 1. The number of aryl methyl sites for hydroxylation is 1. The number of aromatic nitrogens is 1. The highest BCUT2D eigenvalue weighted by molar-refractivity contribution is 7.18. The first-order chi connectivity index (χ1) is 13.9. The Labute approximate surface area is 170 Å². The van der Waals surface area contributed by atoms with Crippen LogP contribution in [0.3, 0.4) is 0 Å². The van der Waals surface area contributed by atoms with Gasteiger partial charge in [0.2, 0.25) is 0 Å². The summed E-state index contributed by atoms with van der Waals surface area (Å²) in [4.78, 5) is 40.0. The molecule has 0 atom stereocenters. The molecule has 2 aromatic carbocycles. The topological polar surface area (TPSA) is 111 Å². The number of amides is 1. The van der Waals surface area contributed by atoms with Crippen molar-refractivity contribution in [1.29, 1.82) is 0 Å². The first kappa shape index (κ1) is 20.2. The van der Waals surface area contributed by atoms with E-state index in [2.05, 4.69) is 10.3 Å². The number of hydrogen-bond donors (Lipinski definition) is 1. The molecular formula is C20H17N3O5S. The molecule has 0 aliphatic carbocycles. The lowest BCUT2D eigenvalue weighted by molar-refractivity contribution is -0.385. The minimum absolute atomic E-state index is 0.0632. The Kier molecular flexibility index (Phi) is 5.99. The van der Waals surface area contributed by atoms with E-state index in [1.54, 1.807) is 13.8 Å². The molecule has 9 heteroatoms. The highest BCUT2D eigenvalue weighted by atomic mass is 32.1. The van der Waals surface area contributed by atoms with E-state index in [-0.39, 0.29) is 27.9 Å². The van der Waals surface area contributed by atoms with E-state index < -0.39 is 16.8 Å². The van der Waals surface area contributed by atoms with Gasteiger partial charge in [0.25, 0.3) is 11.6 Å². The predicted molar refractivity (Wildman–Crippen MR) is 109 cm³/mol. The van der Waals surface area contributed by atoms with Gasteiger partial charge in [0.05, 0.1) is 17.2 Å². The molecule has 0 saturated heterocycles. The lowest BCUT2D eigenvalue weighted by atomic mass is 10.1. The van der Waals surface area contributed by atoms with Gasteiger partial charge in [0.15, 0.2) is 5.13 Å². The molecule has 148 valence electrons. The molecule has 1 aromatic heterocycles. The number of nitro groups is 1. The number of rotatable bonds is 6. The molecule has 1 N–H and O–H groups in total. The van der Waals surface area contributed by atoms with Crippen molar-refractivity contribution >= 4 is 34.0 Å². The van der Waals surface area contributed by atoms with Crippen molar-refractivity contribution in [2.45, 2.75) is 13.8 Å². The zero-order valence-corrected chi connectivity index (χ0v) is 16.5. The number of nitro benzene ring substituents is 1. The Morgan fingerprint density at radius 1 is 1.21 bits per heavy atom. The van der Waals surface area contributed by atoms with Crippen molar-refractivity contribution in [1.82, 2.24) is 4.98 Å². The molecule has 0 bridgehead atoms. The number of carbonyl (C=O) groups is 2. The summed E-state index contributed by atoms with van der Waals surface area (Å²) in [5.41, 5.74) is 1.70. The number of anilines is 1. The Morgan fingerprint density at radius 3 is 2.55 bits per heavy atom. The van der Waals surface area contributed by atoms with E-state index in [4.69, 9.17) is 4.74 Å². The maximum absolute atomic E-state index is 12.6. The van der Waals surface area contributed by atoms with Crippen LogP contribution in [0.5, 0.6) is 0 Å². The fourth-order valence-corrected chi connectivity index (χ4v) is 3.55. The Bertz CT molecular complexity index is 1080. The smallest absolute Gasteiger partial charge is 0.350 e. The summed E-state index contributed by atoms with van der Waals surface area (Å²) in [5, 5.41) is 13.8. The summed E-state index contributed by atoms with van der Waals surface area (Å²) in [5.74, 6) is -0.998. The van der Waals surface area contributed by atoms with E-state index in [0.29, 0.717) is 11.3 Å². The number of thiazole rings is 1. The number of hydrogen-bond acceptors (Lipinski definition) is 7. The summed E-state index contributed by atoms with van der Waals surface area (Å²) in [6.45, 7) is 3.49. The second kappa shape index (κ2) is 8.61. The first-order valence-electron chi connectivity index (χ1n) is 8.70. The van der Waals surface area contributed by atoms with E-state index in [1.807, 2.05) is 30.3 Å². The maximum atomic E-state index is 12.6. The van der Waals surface area contributed by atoms with Crippen LogP contribution < -0.4 is 5.32 Å². The van der Waals surface area contributed by atoms with Crippen LogP contribution in [-0.4, -0.2) is 28.4 Å². The highest BCUT2D eigenvalue weighted by Crippen LogP contribution is 2.32. The molecule has 1 heterocycles. The van der Waals surface area contributed by atoms with Crippen LogP contribution in [0.25, 0.3) is 11.3 Å². The molecule has 0 saturated carbocycles. The van der Waals surface area contributed by atoms with Crippen LogP contribution in [-0.2, 0) is 4.74 Å². The highest BCUT2D eigenvalue weighted by Gasteiger charge is 2.22. The average Bonchev–Trinajstić information content (AvgIpc) is 3.12. The van der Waals surface area contributed by atoms with Crippen LogP contribution in [0.15, 0.2) is 48.5 Å². The van der Waals surface area contributed by atoms with Crippen molar-refractivity contribution in [3.63, 3.8) is 0 Å². The summed E-state index contributed by atoms with van der Waals surface area (Å²) >= 11 is 1.01. The number of esters is 1. The molecule has 3 rings (SSSR count). The number of carbonyl (C=O) groups excluding carboxylic acids is 2. The van der Waals surface area contributed by atoms with Gasteiger partial charge in [-0.25, -0.2) is 9.78 Å². The van der Waals surface area contributed by atoms with E-state index >= 15 is 0 Å². The van der Waals surface area contributed by atoms with E-state index in [0.717, 1.165) is 16.9 Å². The zero-order chi connectivity index (χ0) is 21.0. The molecule has 0 fully saturated rings. The Hall–Kier alpha value is -3.59. The lowest BCUT2D eigenvalue weighted by Crippen LogP contribution is -2.12. The van der Waals surface area contributed by atoms with Crippen molar-refractivity contribution in [2.24, 2.45) is 0 Å². The maximum Gasteiger partial charge on any atom is 0.350 e. The van der Waals surface area contributed by atoms with Gasteiger partial charge in [-0.05, 0) is 26.0 Å². The zero-order valence-electron chi connectivity index (χ0n) is 15.7. The van der Waals surface area contributed by atoms with Gasteiger partial charge in [-0.3, -0.25) is 20.2 Å². The SMILES string of the molecule is CCOC(=O)c1sc(NC(=O)c2ccc([N+](=O)[O-])c(C)c2)nc1-c1ccccc1. The number of benzene rings is 2. The van der Waals surface area contributed by atoms with Crippen LogP contribution in [0.1, 0.15) is 32.5 Å². The Morgan fingerprint density at radius 2 is 1.93 bits per heavy atom. The third kappa shape index (κ3) is 4.46. The molecule has 3 aromatic rings. The molecule has 0 aliphatic heterocycles. The van der Waals surface area contributed by atoms with Gasteiger partial charge in [-0.15, -0.1) is 0 Å². The summed E-state index contributed by atoms with van der Waals surface area (Å²) < 4.78 is 5.10. The molecule has 29 heavy (non-hydrogen) atoms. The first-order valence-corrected chi connectivity index (χ1v) is 9.52. The second-order valence-corrected chi connectivity index (χ2v) is 6.99. The molecule has 0 unspecified atom stereocenters. The third-order valence-corrected chi connectivity index (χ3v) is 4.96. The van der Waals surface area contributed by atoms with Crippen LogP contribution in [0.4, 0.5) is 10.8 Å². The monoisotopic (exact) mass is 411 g/mol. The van der Waals surface area contributed by atoms with Gasteiger partial charge in [-0.2, -0.15) is 0 Å². The van der Waals surface area contributed by atoms with Gasteiger partial charge < -0.3 is 4.74 Å². The van der Waals surface area contributed by atoms with Crippen LogP contribution >= 0.6 is 11.3 Å². The van der Waals surface area contributed by atoms with E-state index in [1.165, 1.54) is 18.2 Å². The van der Waals surface area contributed by atoms with Gasteiger partial charge >= 0.3 is 5.97 Å². The van der Waals surface area contributed by atoms with Crippen molar-refractivity contribution in [2.75, 3.05) is 11.9 Å². The minimum Gasteiger partial charge on any atom is -0.462 e. The molecule has 0 spiro atoms. The fraction of sp³-hybridized carbons (Fsp3) is 0.150. The number of nitrogens with zero attached hydrogens (tertiary/aromatic N) is 2. The Balaban J connectivity index is 1.91. The standard InChI is InChI=1S/C20H17N3O5S/c1-3-28-19(25)17-16(13-7-5-4-6-8-13)21-20(29-17)22-18(24)14-9-10-15(23(26)27)12(2)11-14/h4-11H,3H2,1-2H3,(H,21,22,24). The van der Waals surface area contributed by atoms with Crippen LogP contribution in [0, 0.1) is 17.0 Å². The molecule has 1 amide bonds. The fourth-order valence-electron chi connectivity index (χ4n) is 2.67. The van der Waals surface area contributed by atoms with E-state index in [9.17, 15) is 19.7 Å². The molecule has 0 aliphatic rings. The lowest BCUT2D eigenvalue weighted by Gasteiger charge is -2.03. The minimum atomic E-state index is -0.518. The average molecular weight is 411 g/mol.